The van der Waals surface area contributed by atoms with E-state index in [1.807, 2.05) is 32.3 Å². The lowest BCUT2D eigenvalue weighted by Gasteiger charge is -2.16. The highest BCUT2D eigenvalue weighted by molar-refractivity contribution is 5.60. The molecule has 0 heterocycles. The van der Waals surface area contributed by atoms with Crippen LogP contribution in [0.4, 0.5) is 11.4 Å². The van der Waals surface area contributed by atoms with E-state index < -0.39 is 0 Å². The molecule has 0 radical (unpaired) electrons. The van der Waals surface area contributed by atoms with Gasteiger partial charge in [0.15, 0.2) is 0 Å². The molecule has 0 saturated carbocycles. The maximum Gasteiger partial charge on any atom is 0.120 e. The largest absolute Gasteiger partial charge is 0.508 e. The standard InChI is InChI=1S/C16H20N2O/c1-12-10-14(18(2)3)8-9-15(12)17-11-13-6-4-5-7-16(13)19/h4-10,17,19H,11H2,1-3H3. The molecule has 2 aromatic rings. The van der Waals surface area contributed by atoms with Gasteiger partial charge in [-0.15, -0.1) is 0 Å². The number of anilines is 2. The van der Waals surface area contributed by atoms with Gasteiger partial charge in [-0.3, -0.25) is 0 Å². The normalized spacial score (nSPS) is 10.3. The third-order valence-corrected chi connectivity index (χ3v) is 3.19. The lowest BCUT2D eigenvalue weighted by atomic mass is 10.1. The molecular weight excluding hydrogens is 236 g/mol. The van der Waals surface area contributed by atoms with E-state index in [1.54, 1.807) is 6.07 Å². The third-order valence-electron chi connectivity index (χ3n) is 3.19. The molecule has 100 valence electrons. The molecule has 2 rings (SSSR count). The first-order valence-electron chi connectivity index (χ1n) is 6.36. The van der Waals surface area contributed by atoms with Crippen LogP contribution in [0.2, 0.25) is 0 Å². The van der Waals surface area contributed by atoms with Gasteiger partial charge in [-0.1, -0.05) is 18.2 Å². The lowest BCUT2D eigenvalue weighted by Crippen LogP contribution is -2.09. The Morgan fingerprint density at radius 2 is 1.84 bits per heavy atom. The Balaban J connectivity index is 2.10. The third kappa shape index (κ3) is 3.19. The van der Waals surface area contributed by atoms with Crippen LogP contribution in [0, 0.1) is 6.92 Å². The molecule has 0 aromatic heterocycles. The summed E-state index contributed by atoms with van der Waals surface area (Å²) in [7, 11) is 4.06. The van der Waals surface area contributed by atoms with Crippen molar-refractivity contribution in [2.24, 2.45) is 0 Å². The summed E-state index contributed by atoms with van der Waals surface area (Å²) in [5.41, 5.74) is 4.37. The second-order valence-corrected chi connectivity index (χ2v) is 4.88. The molecule has 2 aromatic carbocycles. The fourth-order valence-corrected chi connectivity index (χ4v) is 1.98. The van der Waals surface area contributed by atoms with E-state index in [-0.39, 0.29) is 0 Å². The van der Waals surface area contributed by atoms with Gasteiger partial charge < -0.3 is 15.3 Å². The molecule has 0 unspecified atom stereocenters. The van der Waals surface area contributed by atoms with E-state index in [4.69, 9.17) is 0 Å². The Labute approximate surface area is 114 Å². The monoisotopic (exact) mass is 256 g/mol. The molecule has 0 aliphatic carbocycles. The van der Waals surface area contributed by atoms with Crippen LogP contribution in [0.3, 0.4) is 0 Å². The Kier molecular flexibility index (Phi) is 3.95. The van der Waals surface area contributed by atoms with Crippen molar-refractivity contribution in [3.8, 4) is 5.75 Å². The molecule has 0 fully saturated rings. The molecule has 19 heavy (non-hydrogen) atoms. The van der Waals surface area contributed by atoms with Crippen LogP contribution in [0.5, 0.6) is 5.75 Å². The van der Waals surface area contributed by atoms with E-state index in [0.717, 1.165) is 11.3 Å². The number of aromatic hydroxyl groups is 1. The molecule has 2 N–H and O–H groups in total. The zero-order valence-corrected chi connectivity index (χ0v) is 11.6. The first-order valence-corrected chi connectivity index (χ1v) is 6.36. The zero-order valence-electron chi connectivity index (χ0n) is 11.6. The Morgan fingerprint density at radius 1 is 1.11 bits per heavy atom. The Bertz CT molecular complexity index is 564. The first-order chi connectivity index (χ1) is 9.08. The number of benzene rings is 2. The van der Waals surface area contributed by atoms with Gasteiger partial charge in [-0.05, 0) is 36.8 Å². The van der Waals surface area contributed by atoms with Gasteiger partial charge in [0.25, 0.3) is 0 Å². The van der Waals surface area contributed by atoms with Crippen molar-refractivity contribution in [3.05, 3.63) is 53.6 Å². The number of phenols is 1. The molecule has 3 nitrogen and oxygen atoms in total. The average molecular weight is 256 g/mol. The van der Waals surface area contributed by atoms with Crippen molar-refractivity contribution in [2.45, 2.75) is 13.5 Å². The maximum absolute atomic E-state index is 9.73. The SMILES string of the molecule is Cc1cc(N(C)C)ccc1NCc1ccccc1O. The van der Waals surface area contributed by atoms with Gasteiger partial charge in [0.1, 0.15) is 5.75 Å². The molecule has 0 atom stereocenters. The van der Waals surface area contributed by atoms with Crippen LogP contribution in [0.1, 0.15) is 11.1 Å². The minimum absolute atomic E-state index is 0.331. The van der Waals surface area contributed by atoms with Gasteiger partial charge in [0.05, 0.1) is 0 Å². The minimum atomic E-state index is 0.331. The number of nitrogens with one attached hydrogen (secondary N) is 1. The van der Waals surface area contributed by atoms with E-state index in [1.165, 1.54) is 11.3 Å². The second-order valence-electron chi connectivity index (χ2n) is 4.88. The molecule has 3 heteroatoms. The number of rotatable bonds is 4. The number of aryl methyl sites for hydroxylation is 1. The summed E-state index contributed by atoms with van der Waals surface area (Å²) in [5.74, 6) is 0.331. The molecule has 0 aliphatic rings. The van der Waals surface area contributed by atoms with Gasteiger partial charge >= 0.3 is 0 Å². The number of phenolic OH excluding ortho intramolecular Hbond substituents is 1. The average Bonchev–Trinajstić information content (AvgIpc) is 2.39. The van der Waals surface area contributed by atoms with Crippen LogP contribution in [-0.4, -0.2) is 19.2 Å². The van der Waals surface area contributed by atoms with Gasteiger partial charge in [-0.2, -0.15) is 0 Å². The molecule has 0 saturated heterocycles. The summed E-state index contributed by atoms with van der Waals surface area (Å²) in [6.45, 7) is 2.70. The van der Waals surface area contributed by atoms with Crippen molar-refractivity contribution in [1.82, 2.24) is 0 Å². The van der Waals surface area contributed by atoms with E-state index in [9.17, 15) is 5.11 Å². The summed E-state index contributed by atoms with van der Waals surface area (Å²) in [4.78, 5) is 2.08. The Hall–Kier alpha value is -2.16. The van der Waals surface area contributed by atoms with Crippen LogP contribution >= 0.6 is 0 Å². The predicted molar refractivity (Wildman–Crippen MR) is 80.9 cm³/mol. The van der Waals surface area contributed by atoms with Crippen molar-refractivity contribution >= 4 is 11.4 Å². The van der Waals surface area contributed by atoms with Crippen molar-refractivity contribution < 1.29 is 5.11 Å². The van der Waals surface area contributed by atoms with E-state index in [2.05, 4.69) is 35.3 Å². The molecule has 0 aliphatic heterocycles. The number of para-hydroxylation sites is 1. The highest BCUT2D eigenvalue weighted by Gasteiger charge is 2.03. The molecule has 0 amide bonds. The lowest BCUT2D eigenvalue weighted by molar-refractivity contribution is 0.469. The van der Waals surface area contributed by atoms with Gasteiger partial charge in [-0.25, -0.2) is 0 Å². The van der Waals surface area contributed by atoms with Crippen LogP contribution in [-0.2, 0) is 6.54 Å². The van der Waals surface area contributed by atoms with Crippen molar-refractivity contribution in [3.63, 3.8) is 0 Å². The number of hydrogen-bond acceptors (Lipinski definition) is 3. The fraction of sp³-hybridized carbons (Fsp3) is 0.250. The first kappa shape index (κ1) is 13.3. The quantitative estimate of drug-likeness (QED) is 0.880. The smallest absolute Gasteiger partial charge is 0.120 e. The summed E-state index contributed by atoms with van der Waals surface area (Å²) < 4.78 is 0. The van der Waals surface area contributed by atoms with Gasteiger partial charge in [0.2, 0.25) is 0 Å². The zero-order chi connectivity index (χ0) is 13.8. The highest BCUT2D eigenvalue weighted by Crippen LogP contribution is 2.23. The van der Waals surface area contributed by atoms with Crippen LogP contribution < -0.4 is 10.2 Å². The minimum Gasteiger partial charge on any atom is -0.508 e. The summed E-state index contributed by atoms with van der Waals surface area (Å²) in [6, 6.07) is 13.7. The number of hydrogen-bond donors (Lipinski definition) is 2. The fourth-order valence-electron chi connectivity index (χ4n) is 1.98. The summed E-state index contributed by atoms with van der Waals surface area (Å²) >= 11 is 0. The van der Waals surface area contributed by atoms with Gasteiger partial charge in [0, 0.05) is 37.6 Å². The van der Waals surface area contributed by atoms with Crippen LogP contribution in [0.25, 0.3) is 0 Å². The number of nitrogens with zero attached hydrogens (tertiary/aromatic N) is 1. The predicted octanol–water partition coefficient (Wildman–Crippen LogP) is 3.38. The maximum atomic E-state index is 9.73. The highest BCUT2D eigenvalue weighted by atomic mass is 16.3. The molecule has 0 bridgehead atoms. The summed E-state index contributed by atoms with van der Waals surface area (Å²) in [6.07, 6.45) is 0. The topological polar surface area (TPSA) is 35.5 Å². The van der Waals surface area contributed by atoms with E-state index >= 15 is 0 Å². The molecular formula is C16H20N2O. The van der Waals surface area contributed by atoms with Crippen molar-refractivity contribution in [2.75, 3.05) is 24.3 Å². The van der Waals surface area contributed by atoms with Crippen LogP contribution in [0.15, 0.2) is 42.5 Å². The molecule has 0 spiro atoms. The second kappa shape index (κ2) is 5.65. The Morgan fingerprint density at radius 3 is 2.47 bits per heavy atom. The van der Waals surface area contributed by atoms with Crippen molar-refractivity contribution in [1.29, 1.82) is 0 Å². The van der Waals surface area contributed by atoms with E-state index in [0.29, 0.717) is 12.3 Å². The summed E-state index contributed by atoms with van der Waals surface area (Å²) in [5, 5.41) is 13.1.